The van der Waals surface area contributed by atoms with Crippen molar-refractivity contribution in [1.82, 2.24) is 5.32 Å². The lowest BCUT2D eigenvalue weighted by atomic mass is 9.47. The van der Waals surface area contributed by atoms with E-state index in [-0.39, 0.29) is 31.0 Å². The van der Waals surface area contributed by atoms with Gasteiger partial charge in [-0.3, -0.25) is 18.6 Å². The Bertz CT molecular complexity index is 1590. The minimum Gasteiger partial charge on any atom is -0.462 e. The van der Waals surface area contributed by atoms with Gasteiger partial charge < -0.3 is 24.5 Å². The van der Waals surface area contributed by atoms with E-state index in [4.69, 9.17) is 13.8 Å². The number of phosphoric ester groups is 1. The van der Waals surface area contributed by atoms with Gasteiger partial charge in [-0.15, -0.1) is 0 Å². The summed E-state index contributed by atoms with van der Waals surface area (Å²) >= 11 is 0. The Labute approximate surface area is 410 Å². The number of carbonyl (C=O) groups excluding carboxylic acids is 2. The first kappa shape index (κ1) is 58.0. The molecule has 3 fully saturated rings. The second-order valence-electron chi connectivity index (χ2n) is 23.8. The number of aliphatic hydroxyl groups is 1. The average Bonchev–Trinajstić information content (AvgIpc) is 3.63. The number of quaternary nitrogens is 1. The minimum atomic E-state index is -4.45. The van der Waals surface area contributed by atoms with Crippen molar-refractivity contribution in [3.05, 3.63) is 23.8 Å². The molecule has 0 spiro atoms. The van der Waals surface area contributed by atoms with Crippen molar-refractivity contribution in [2.24, 2.45) is 52.3 Å². The number of fused-ring (bicyclic) bond motifs is 5. The van der Waals surface area contributed by atoms with E-state index in [0.29, 0.717) is 22.4 Å². The van der Waals surface area contributed by atoms with Crippen LogP contribution in [-0.4, -0.2) is 85.5 Å². The van der Waals surface area contributed by atoms with Gasteiger partial charge in [-0.2, -0.15) is 0 Å². The Morgan fingerprint density at radius 1 is 0.881 bits per heavy atom. The molecule has 4 rings (SSSR count). The number of aliphatic hydroxyl groups excluding tert-OH is 1. The lowest BCUT2D eigenvalue weighted by Gasteiger charge is -2.58. The molecule has 3 unspecified atom stereocenters. The van der Waals surface area contributed by atoms with E-state index in [2.05, 4.69) is 59.9 Å². The number of esters is 1. The van der Waals surface area contributed by atoms with Gasteiger partial charge in [-0.05, 0) is 116 Å². The highest BCUT2D eigenvalue weighted by molar-refractivity contribution is 7.47. The molecule has 0 aliphatic heterocycles. The maximum atomic E-state index is 13.3. The van der Waals surface area contributed by atoms with Crippen LogP contribution in [0.5, 0.6) is 0 Å². The zero-order valence-electron chi connectivity index (χ0n) is 44.5. The van der Waals surface area contributed by atoms with Crippen molar-refractivity contribution >= 4 is 19.7 Å². The van der Waals surface area contributed by atoms with Gasteiger partial charge in [0.2, 0.25) is 5.91 Å². The number of carbonyl (C=O) groups is 2. The number of amides is 1. The fourth-order valence-corrected chi connectivity index (χ4v) is 14.0. The van der Waals surface area contributed by atoms with Crippen LogP contribution in [0.1, 0.15) is 209 Å². The Kier molecular flexibility index (Phi) is 24.2. The number of ether oxygens (including phenoxy) is 1. The summed E-state index contributed by atoms with van der Waals surface area (Å²) in [5.41, 5.74) is 2.06. The number of hydrogen-bond donors (Lipinski definition) is 3. The van der Waals surface area contributed by atoms with Crippen LogP contribution in [0.2, 0.25) is 0 Å². The van der Waals surface area contributed by atoms with Gasteiger partial charge in [0.25, 0.3) is 0 Å². The Balaban J connectivity index is 1.25. The van der Waals surface area contributed by atoms with Gasteiger partial charge >= 0.3 is 13.8 Å². The molecule has 0 aromatic heterocycles. The molecule has 388 valence electrons. The Morgan fingerprint density at radius 2 is 1.55 bits per heavy atom. The molecule has 10 nitrogen and oxygen atoms in total. The quantitative estimate of drug-likeness (QED) is 0.0200. The second-order valence-corrected chi connectivity index (χ2v) is 25.3. The summed E-state index contributed by atoms with van der Waals surface area (Å²) in [4.78, 5) is 37.0. The minimum absolute atomic E-state index is 0.00855. The first-order valence-corrected chi connectivity index (χ1v) is 29.2. The molecule has 11 heteroatoms. The van der Waals surface area contributed by atoms with Crippen molar-refractivity contribution < 1.29 is 42.4 Å². The van der Waals surface area contributed by atoms with Gasteiger partial charge in [0.15, 0.2) is 0 Å². The normalized spacial score (nSPS) is 29.0. The maximum Gasteiger partial charge on any atom is 0.472 e. The van der Waals surface area contributed by atoms with Crippen molar-refractivity contribution in [2.45, 2.75) is 227 Å². The molecule has 0 radical (unpaired) electrons. The van der Waals surface area contributed by atoms with Crippen LogP contribution in [-0.2, 0) is 27.9 Å². The number of phosphoric acid groups is 1. The second kappa shape index (κ2) is 27.9. The van der Waals surface area contributed by atoms with Crippen LogP contribution < -0.4 is 5.32 Å². The van der Waals surface area contributed by atoms with E-state index >= 15 is 0 Å². The first-order chi connectivity index (χ1) is 31.7. The molecule has 67 heavy (non-hydrogen) atoms. The van der Waals surface area contributed by atoms with Crippen LogP contribution in [0.3, 0.4) is 0 Å². The molecule has 0 aromatic rings. The van der Waals surface area contributed by atoms with Crippen LogP contribution in [0.15, 0.2) is 23.8 Å². The smallest absolute Gasteiger partial charge is 0.462 e. The van der Waals surface area contributed by atoms with Gasteiger partial charge in [0.1, 0.15) is 19.3 Å². The molecular formula is C56H102N2O8P+. The van der Waals surface area contributed by atoms with E-state index in [1.54, 1.807) is 6.08 Å². The van der Waals surface area contributed by atoms with E-state index in [0.717, 1.165) is 80.5 Å². The highest BCUT2D eigenvalue weighted by Gasteiger charge is 2.59. The molecule has 0 aromatic carbocycles. The highest BCUT2D eigenvalue weighted by Crippen LogP contribution is 2.67. The predicted octanol–water partition coefficient (Wildman–Crippen LogP) is 13.3. The van der Waals surface area contributed by atoms with Crippen molar-refractivity contribution in [3.8, 4) is 0 Å². The van der Waals surface area contributed by atoms with Crippen molar-refractivity contribution in [3.63, 3.8) is 0 Å². The summed E-state index contributed by atoms with van der Waals surface area (Å²) in [6, 6.07) is -1.02. The first-order valence-electron chi connectivity index (χ1n) is 27.7. The standard InChI is InChI=1S/C56H101N2O8P/c1-11-13-14-15-16-17-18-19-20-21-22-23-24-25-52(59)51(41-65-67(62,63)64-39-38-58(8,9)10)57-53(60)32-33-54(61)66-46-34-36-55(6)45(40-46)28-29-47-49-31-30-48(56(49,7)37-35-50(47)55)43(5)26-27-44(12-2)42(3)4/h24-25,28,42-44,46-52,59H,11-23,26-27,29-41H2,1-10H3,(H-,57,60,62,63)/p+1/b25-24+/t43-,44-,46+,47+,48-,49+,50+,51?,52?,55+,56-/m1/s1. The fourth-order valence-electron chi connectivity index (χ4n) is 13.3. The third-order valence-electron chi connectivity index (χ3n) is 17.6. The zero-order valence-corrected chi connectivity index (χ0v) is 45.4. The molecule has 3 N–H and O–H groups in total. The summed E-state index contributed by atoms with van der Waals surface area (Å²) in [6.45, 7) is 17.2. The number of unbranched alkanes of at least 4 members (excludes halogenated alkanes) is 11. The van der Waals surface area contributed by atoms with Gasteiger partial charge in [0, 0.05) is 12.8 Å². The molecule has 1 amide bonds. The number of rotatable bonds is 32. The SMILES string of the molecule is CCCCCCCCCCCCC/C=C/C(O)C(COP(=O)(O)OCC[N+](C)(C)C)NC(=O)CCC(=O)O[C@H]1CC[C@@]2(C)C(=CC[C@H]3[C@@H]4CC[C@H]([C@H](C)CC[C@@H](CC)C(C)C)[C@@]4(C)CC[C@@H]32)C1. The number of nitrogens with one attached hydrogen (secondary N) is 1. The third kappa shape index (κ3) is 18.2. The fraction of sp³-hybridized carbons (Fsp3) is 0.893. The molecule has 0 bridgehead atoms. The highest BCUT2D eigenvalue weighted by atomic mass is 31.2. The third-order valence-corrected chi connectivity index (χ3v) is 18.6. The summed E-state index contributed by atoms with van der Waals surface area (Å²) < 4.78 is 29.9. The van der Waals surface area contributed by atoms with Crippen LogP contribution >= 0.6 is 7.82 Å². The van der Waals surface area contributed by atoms with Crippen molar-refractivity contribution in [1.29, 1.82) is 0 Å². The summed E-state index contributed by atoms with van der Waals surface area (Å²) in [5.74, 6) is 4.57. The number of likely N-dealkylation sites (N-methyl/N-ethyl adjacent to an activating group) is 1. The molecule has 3 saturated carbocycles. The van der Waals surface area contributed by atoms with Crippen LogP contribution in [0.25, 0.3) is 0 Å². The average molecular weight is 962 g/mol. The van der Waals surface area contributed by atoms with Gasteiger partial charge in [0.05, 0.1) is 46.3 Å². The number of allylic oxidation sites excluding steroid dienone is 2. The monoisotopic (exact) mass is 962 g/mol. The molecule has 0 saturated heterocycles. The van der Waals surface area contributed by atoms with Crippen molar-refractivity contribution in [2.75, 3.05) is 40.9 Å². The van der Waals surface area contributed by atoms with E-state index in [1.165, 1.54) is 108 Å². The predicted molar refractivity (Wildman–Crippen MR) is 274 cm³/mol. The summed E-state index contributed by atoms with van der Waals surface area (Å²) in [7, 11) is 1.40. The number of hydrogen-bond acceptors (Lipinski definition) is 7. The maximum absolute atomic E-state index is 13.3. The van der Waals surface area contributed by atoms with Gasteiger partial charge in [-0.25, -0.2) is 4.57 Å². The molecule has 4 aliphatic carbocycles. The topological polar surface area (TPSA) is 131 Å². The molecule has 4 aliphatic rings. The van der Waals surface area contributed by atoms with E-state index in [1.807, 2.05) is 27.2 Å². The van der Waals surface area contributed by atoms with Crippen LogP contribution in [0.4, 0.5) is 0 Å². The van der Waals surface area contributed by atoms with E-state index in [9.17, 15) is 24.2 Å². The molecule has 12 atom stereocenters. The lowest BCUT2D eigenvalue weighted by molar-refractivity contribution is -0.870. The summed E-state index contributed by atoms with van der Waals surface area (Å²) in [6.07, 6.45) is 32.2. The lowest BCUT2D eigenvalue weighted by Crippen LogP contribution is -2.51. The Hall–Kier alpha value is -1.55. The van der Waals surface area contributed by atoms with Gasteiger partial charge in [-0.1, -0.05) is 149 Å². The Morgan fingerprint density at radius 3 is 2.19 bits per heavy atom. The molecule has 0 heterocycles. The largest absolute Gasteiger partial charge is 0.472 e. The van der Waals surface area contributed by atoms with Crippen LogP contribution in [0, 0.1) is 52.3 Å². The van der Waals surface area contributed by atoms with E-state index < -0.39 is 38.5 Å². The zero-order chi connectivity index (χ0) is 49.3. The summed E-state index contributed by atoms with van der Waals surface area (Å²) in [5, 5.41) is 13.9. The molecular weight excluding hydrogens is 860 g/mol. The number of nitrogens with zero attached hydrogens (tertiary/aromatic N) is 1.